The Morgan fingerprint density at radius 1 is 1.05 bits per heavy atom. The summed E-state index contributed by atoms with van der Waals surface area (Å²) < 4.78 is 40.3. The lowest BCUT2D eigenvalue weighted by Gasteiger charge is -2.37. The normalized spacial score (nSPS) is 23.3. The lowest BCUT2D eigenvalue weighted by molar-refractivity contribution is -0.146. The van der Waals surface area contributed by atoms with Crippen LogP contribution in [0, 0.1) is 11.3 Å². The Balaban J connectivity index is 1.33. The van der Waals surface area contributed by atoms with Crippen LogP contribution in [0.4, 0.5) is 8.78 Å². The van der Waals surface area contributed by atoms with Crippen LogP contribution < -0.4 is 5.32 Å². The lowest BCUT2D eigenvalue weighted by Crippen LogP contribution is -2.58. The SMILES string of the molecule is CC(=O)N1C[C@@H]2CCN(C(=O)[C@@H]3CCCN3C(=O)C(NC(=O)c3cc4cc(C(F)(F)P(=O)(O)O)ccc4s3)C(C)(C)C)[C@@H]2C1. The summed E-state index contributed by atoms with van der Waals surface area (Å²) in [5.41, 5.74) is -6.00. The summed E-state index contributed by atoms with van der Waals surface area (Å²) in [5.74, 6) is -0.941. The Kier molecular flexibility index (Phi) is 8.45. The van der Waals surface area contributed by atoms with Crippen LogP contribution in [-0.4, -0.2) is 92.4 Å². The van der Waals surface area contributed by atoms with Crippen molar-refractivity contribution in [1.29, 1.82) is 0 Å². The van der Waals surface area contributed by atoms with Gasteiger partial charge >= 0.3 is 13.3 Å². The number of thiophene rings is 1. The molecule has 1 aromatic carbocycles. The van der Waals surface area contributed by atoms with E-state index in [2.05, 4.69) is 5.32 Å². The van der Waals surface area contributed by atoms with E-state index in [4.69, 9.17) is 9.79 Å². The molecule has 0 bridgehead atoms. The summed E-state index contributed by atoms with van der Waals surface area (Å²) in [5, 5.41) is 3.01. The van der Waals surface area contributed by atoms with E-state index in [0.29, 0.717) is 43.7 Å². The fourth-order valence-electron chi connectivity index (χ4n) is 6.50. The maximum Gasteiger partial charge on any atom is 0.399 e. The van der Waals surface area contributed by atoms with Gasteiger partial charge in [-0.3, -0.25) is 23.7 Å². The number of nitrogens with one attached hydrogen (secondary N) is 1. The number of nitrogens with zero attached hydrogens (tertiary/aromatic N) is 3. The molecule has 1 unspecified atom stereocenters. The lowest BCUT2D eigenvalue weighted by atomic mass is 9.85. The van der Waals surface area contributed by atoms with Crippen molar-refractivity contribution in [2.24, 2.45) is 11.3 Å². The number of amides is 4. The predicted molar refractivity (Wildman–Crippen MR) is 159 cm³/mol. The van der Waals surface area contributed by atoms with Crippen LogP contribution in [0.3, 0.4) is 0 Å². The van der Waals surface area contributed by atoms with E-state index in [1.165, 1.54) is 19.1 Å². The van der Waals surface area contributed by atoms with Crippen molar-refractivity contribution < 1.29 is 42.3 Å². The van der Waals surface area contributed by atoms with Crippen LogP contribution >= 0.6 is 18.9 Å². The van der Waals surface area contributed by atoms with Gasteiger partial charge in [-0.05, 0) is 48.3 Å². The van der Waals surface area contributed by atoms with Crippen molar-refractivity contribution in [1.82, 2.24) is 20.0 Å². The number of hydrogen-bond donors (Lipinski definition) is 3. The fraction of sp³-hybridized carbons (Fsp3) is 0.586. The average Bonchev–Trinajstić information content (AvgIpc) is 3.71. The highest BCUT2D eigenvalue weighted by atomic mass is 32.1. The molecule has 3 N–H and O–H groups in total. The van der Waals surface area contributed by atoms with Gasteiger partial charge in [0.1, 0.15) is 12.1 Å². The molecule has 3 aliphatic heterocycles. The largest absolute Gasteiger partial charge is 0.399 e. The third-order valence-electron chi connectivity index (χ3n) is 8.94. The van der Waals surface area contributed by atoms with Gasteiger partial charge < -0.3 is 29.8 Å². The van der Waals surface area contributed by atoms with Gasteiger partial charge in [0.2, 0.25) is 17.7 Å². The van der Waals surface area contributed by atoms with Crippen LogP contribution in [0.5, 0.6) is 0 Å². The number of carbonyl (C=O) groups excluding carboxylic acids is 4. The minimum atomic E-state index is -5.77. The Morgan fingerprint density at radius 3 is 2.39 bits per heavy atom. The Hall–Kier alpha value is -2.93. The van der Waals surface area contributed by atoms with Crippen molar-refractivity contribution in [3.05, 3.63) is 34.7 Å². The summed E-state index contributed by atoms with van der Waals surface area (Å²) in [6.07, 6.45) is 1.93. The van der Waals surface area contributed by atoms with Gasteiger partial charge in [0.15, 0.2) is 0 Å². The molecule has 0 saturated carbocycles. The molecule has 15 heteroatoms. The molecule has 5 rings (SSSR count). The number of benzene rings is 1. The van der Waals surface area contributed by atoms with Crippen molar-refractivity contribution in [2.75, 3.05) is 26.2 Å². The van der Waals surface area contributed by atoms with E-state index in [-0.39, 0.29) is 39.9 Å². The number of hydrogen-bond acceptors (Lipinski definition) is 6. The fourth-order valence-corrected chi connectivity index (χ4v) is 7.92. The first-order chi connectivity index (χ1) is 20.4. The van der Waals surface area contributed by atoms with Gasteiger partial charge in [-0.2, -0.15) is 8.78 Å². The highest BCUT2D eigenvalue weighted by molar-refractivity contribution is 7.52. The second kappa shape index (κ2) is 11.5. The summed E-state index contributed by atoms with van der Waals surface area (Å²) in [7, 11) is -5.77. The summed E-state index contributed by atoms with van der Waals surface area (Å²) in [6, 6.07) is 2.72. The van der Waals surface area contributed by atoms with Gasteiger partial charge in [0.25, 0.3) is 5.91 Å². The Bertz CT molecular complexity index is 1550. The molecule has 4 heterocycles. The minimum Gasteiger partial charge on any atom is -0.341 e. The molecule has 4 atom stereocenters. The second-order valence-corrected chi connectivity index (χ2v) is 15.7. The van der Waals surface area contributed by atoms with E-state index in [9.17, 15) is 32.5 Å². The monoisotopic (exact) mass is 654 g/mol. The first-order valence-corrected chi connectivity index (χ1v) is 17.0. The number of rotatable bonds is 6. The molecular weight excluding hydrogens is 617 g/mol. The van der Waals surface area contributed by atoms with Crippen molar-refractivity contribution >= 4 is 52.6 Å². The van der Waals surface area contributed by atoms with Gasteiger partial charge in [-0.25, -0.2) is 0 Å². The van der Waals surface area contributed by atoms with Crippen molar-refractivity contribution in [2.45, 2.75) is 70.7 Å². The molecule has 0 aliphatic carbocycles. The number of alkyl halides is 2. The van der Waals surface area contributed by atoms with Gasteiger partial charge in [0, 0.05) is 49.3 Å². The number of halogens is 2. The molecule has 2 aromatic rings. The smallest absolute Gasteiger partial charge is 0.341 e. The second-order valence-electron chi connectivity index (χ2n) is 13.0. The first-order valence-electron chi connectivity index (χ1n) is 14.5. The molecule has 240 valence electrons. The van der Waals surface area contributed by atoms with E-state index in [1.807, 2.05) is 4.90 Å². The zero-order valence-corrected chi connectivity index (χ0v) is 26.7. The van der Waals surface area contributed by atoms with E-state index >= 15 is 0 Å². The van der Waals surface area contributed by atoms with Crippen LogP contribution in [0.1, 0.15) is 62.2 Å². The highest BCUT2D eigenvalue weighted by Gasteiger charge is 2.51. The number of carbonyl (C=O) groups is 4. The van der Waals surface area contributed by atoms with Gasteiger partial charge in [-0.15, -0.1) is 11.3 Å². The quantitative estimate of drug-likeness (QED) is 0.405. The summed E-state index contributed by atoms with van der Waals surface area (Å²) in [6.45, 7) is 8.95. The van der Waals surface area contributed by atoms with Gasteiger partial charge in [-0.1, -0.05) is 26.8 Å². The predicted octanol–water partition coefficient (Wildman–Crippen LogP) is 3.34. The molecule has 11 nitrogen and oxygen atoms in total. The highest BCUT2D eigenvalue weighted by Crippen LogP contribution is 2.59. The van der Waals surface area contributed by atoms with Crippen LogP contribution in [0.15, 0.2) is 24.3 Å². The van der Waals surface area contributed by atoms with Crippen molar-refractivity contribution in [3.8, 4) is 0 Å². The van der Waals surface area contributed by atoms with E-state index < -0.39 is 42.2 Å². The molecule has 4 amide bonds. The zero-order chi connectivity index (χ0) is 32.4. The van der Waals surface area contributed by atoms with E-state index in [1.54, 1.807) is 30.6 Å². The maximum atomic E-state index is 14.3. The molecule has 3 fully saturated rings. The first kappa shape index (κ1) is 32.5. The topological polar surface area (TPSA) is 148 Å². The Morgan fingerprint density at radius 2 is 1.75 bits per heavy atom. The molecule has 0 radical (unpaired) electrons. The van der Waals surface area contributed by atoms with E-state index in [0.717, 1.165) is 29.9 Å². The molecule has 0 spiro atoms. The summed E-state index contributed by atoms with van der Waals surface area (Å²) >= 11 is 0.997. The molecule has 3 saturated heterocycles. The minimum absolute atomic E-state index is 0.0219. The number of likely N-dealkylation sites (tertiary alicyclic amines) is 3. The molecular formula is C29H37F2N4O7PS. The Labute approximate surface area is 257 Å². The van der Waals surface area contributed by atoms with Gasteiger partial charge in [0.05, 0.1) is 10.9 Å². The van der Waals surface area contributed by atoms with Crippen LogP contribution in [-0.2, 0) is 24.6 Å². The molecule has 3 aliphatic rings. The molecule has 1 aromatic heterocycles. The standard InChI is InChI=1S/C29H37F2N4O7PS/c1-16(36)33-14-17-9-11-35(21(17)15-33)26(38)20-6-5-10-34(20)27(39)24(28(2,3)4)32-25(37)23-13-18-12-19(7-8-22(18)44-23)29(30,31)43(40,41)42/h7-8,12-13,17,20-21,24H,5-6,9-11,14-15H2,1-4H3,(H,32,37)(H2,40,41,42)/t17-,20-,21+,24?/m0/s1. The number of fused-ring (bicyclic) bond motifs is 2. The van der Waals surface area contributed by atoms with Crippen molar-refractivity contribution in [3.63, 3.8) is 0 Å². The third kappa shape index (κ3) is 5.89. The van der Waals surface area contributed by atoms with Crippen LogP contribution in [0.2, 0.25) is 0 Å². The zero-order valence-electron chi connectivity index (χ0n) is 25.0. The van der Waals surface area contributed by atoms with Crippen LogP contribution in [0.25, 0.3) is 10.1 Å². The molecule has 44 heavy (non-hydrogen) atoms. The summed E-state index contributed by atoms with van der Waals surface area (Å²) in [4.78, 5) is 76.6. The third-order valence-corrected chi connectivity index (χ3v) is 11.0. The average molecular weight is 655 g/mol. The maximum absolute atomic E-state index is 14.3.